The van der Waals surface area contributed by atoms with Crippen molar-refractivity contribution in [3.8, 4) is 11.5 Å². The van der Waals surface area contributed by atoms with Crippen molar-refractivity contribution in [3.63, 3.8) is 0 Å². The summed E-state index contributed by atoms with van der Waals surface area (Å²) in [5, 5.41) is 21.4. The fourth-order valence-corrected chi connectivity index (χ4v) is 4.47. The van der Waals surface area contributed by atoms with Gasteiger partial charge in [-0.2, -0.15) is 0 Å². The van der Waals surface area contributed by atoms with Gasteiger partial charge in [-0.1, -0.05) is 24.3 Å². The molecule has 0 aliphatic carbocycles. The third kappa shape index (κ3) is 3.70. The van der Waals surface area contributed by atoms with Gasteiger partial charge in [0.15, 0.2) is 0 Å². The first-order valence-corrected chi connectivity index (χ1v) is 11.5. The molecule has 7 heteroatoms. The highest BCUT2D eigenvalue weighted by atomic mass is 31.2. The molecule has 1 aliphatic heterocycles. The van der Waals surface area contributed by atoms with Crippen LogP contribution in [-0.2, 0) is 17.4 Å². The number of fused-ring (bicyclic) bond motifs is 2. The van der Waals surface area contributed by atoms with E-state index < -0.39 is 7.60 Å². The lowest BCUT2D eigenvalue weighted by Crippen LogP contribution is -2.19. The Hall–Kier alpha value is -2.79. The fraction of sp³-hybridized carbons (Fsp3) is 0.217. The van der Waals surface area contributed by atoms with Gasteiger partial charge >= 0.3 is 7.60 Å². The van der Waals surface area contributed by atoms with Gasteiger partial charge in [0.1, 0.15) is 11.5 Å². The van der Waals surface area contributed by atoms with E-state index in [9.17, 15) is 14.8 Å². The molecule has 0 unspecified atom stereocenters. The molecule has 0 saturated carbocycles. The number of benzene rings is 3. The molecule has 0 fully saturated rings. The number of nitrogens with zero attached hydrogens (tertiary/aromatic N) is 1. The zero-order valence-corrected chi connectivity index (χ0v) is 17.7. The van der Waals surface area contributed by atoms with E-state index in [2.05, 4.69) is 0 Å². The first-order valence-electron chi connectivity index (χ1n) is 9.72. The second-order valence-electron chi connectivity index (χ2n) is 7.77. The Kier molecular flexibility index (Phi) is 5.10. The van der Waals surface area contributed by atoms with Crippen LogP contribution in [0.2, 0.25) is 0 Å². The van der Waals surface area contributed by atoms with Crippen molar-refractivity contribution in [1.82, 2.24) is 0 Å². The van der Waals surface area contributed by atoms with Crippen molar-refractivity contribution in [1.29, 1.82) is 0 Å². The van der Waals surface area contributed by atoms with Crippen molar-refractivity contribution in [3.05, 3.63) is 76.3 Å². The normalized spacial score (nSPS) is 13.1. The Morgan fingerprint density at radius 2 is 1.33 bits per heavy atom. The molecular formula is C23H24NO5P. The van der Waals surface area contributed by atoms with E-state index in [1.165, 1.54) is 0 Å². The molecule has 6 nitrogen and oxygen atoms in total. The molecule has 4 N–H and O–H groups in total. The predicted molar refractivity (Wildman–Crippen MR) is 117 cm³/mol. The molecule has 4 rings (SSSR count). The number of anilines is 3. The Labute approximate surface area is 175 Å². The van der Waals surface area contributed by atoms with Gasteiger partial charge in [0.25, 0.3) is 0 Å². The van der Waals surface area contributed by atoms with E-state index in [0.29, 0.717) is 6.42 Å². The van der Waals surface area contributed by atoms with Crippen molar-refractivity contribution < 1.29 is 24.6 Å². The summed E-state index contributed by atoms with van der Waals surface area (Å²) in [6, 6.07) is 15.1. The van der Waals surface area contributed by atoms with Gasteiger partial charge in [0.05, 0.1) is 17.5 Å². The van der Waals surface area contributed by atoms with Crippen molar-refractivity contribution in [2.45, 2.75) is 26.7 Å². The van der Waals surface area contributed by atoms with Crippen LogP contribution in [-0.4, -0.2) is 26.2 Å². The van der Waals surface area contributed by atoms with Crippen LogP contribution in [0.5, 0.6) is 11.5 Å². The fourth-order valence-electron chi connectivity index (χ4n) is 3.92. The molecule has 0 aromatic heterocycles. The highest BCUT2D eigenvalue weighted by Gasteiger charge is 2.29. The van der Waals surface area contributed by atoms with Crippen molar-refractivity contribution >= 4 is 24.7 Å². The summed E-state index contributed by atoms with van der Waals surface area (Å²) in [6.45, 7) is 3.70. The molecule has 1 aliphatic rings. The third-order valence-electron chi connectivity index (χ3n) is 5.64. The summed E-state index contributed by atoms with van der Waals surface area (Å²) in [7, 11) is -4.04. The highest BCUT2D eigenvalue weighted by molar-refractivity contribution is 7.51. The molecule has 1 heterocycles. The van der Waals surface area contributed by atoms with Gasteiger partial charge in [-0.3, -0.25) is 4.57 Å². The molecule has 30 heavy (non-hydrogen) atoms. The number of rotatable bonds is 4. The smallest absolute Gasteiger partial charge is 0.325 e. The van der Waals surface area contributed by atoms with Crippen LogP contribution in [0, 0.1) is 13.8 Å². The van der Waals surface area contributed by atoms with Crippen LogP contribution in [0.15, 0.2) is 48.5 Å². The molecule has 0 bridgehead atoms. The average molecular weight is 425 g/mol. The molecule has 0 atom stereocenters. The molecule has 0 saturated heterocycles. The van der Waals surface area contributed by atoms with E-state index in [-0.39, 0.29) is 24.1 Å². The summed E-state index contributed by atoms with van der Waals surface area (Å²) in [5.74, 6) is 0.449. The Morgan fingerprint density at radius 3 is 1.80 bits per heavy atom. The molecule has 0 radical (unpaired) electrons. The van der Waals surface area contributed by atoms with Gasteiger partial charge < -0.3 is 24.9 Å². The monoisotopic (exact) mass is 425 g/mol. The largest absolute Gasteiger partial charge is 0.507 e. The zero-order valence-electron chi connectivity index (χ0n) is 16.8. The van der Waals surface area contributed by atoms with Gasteiger partial charge in [-0.15, -0.1) is 0 Å². The van der Waals surface area contributed by atoms with Gasteiger partial charge in [-0.05, 0) is 61.2 Å². The average Bonchev–Trinajstić information content (AvgIpc) is 2.71. The SMILES string of the molecule is Cc1ccc2c(c1O)Cc1c(ccc(C)c1O)N2c1ccc(CCP(=O)(O)O)cc1. The second-order valence-corrected chi connectivity index (χ2v) is 9.55. The van der Waals surface area contributed by atoms with E-state index in [4.69, 9.17) is 9.79 Å². The molecule has 156 valence electrons. The van der Waals surface area contributed by atoms with E-state index >= 15 is 0 Å². The topological polar surface area (TPSA) is 101 Å². The summed E-state index contributed by atoms with van der Waals surface area (Å²) in [5.41, 5.74) is 6.42. The highest BCUT2D eigenvalue weighted by Crippen LogP contribution is 2.50. The van der Waals surface area contributed by atoms with Crippen LogP contribution >= 0.6 is 7.60 Å². The maximum absolute atomic E-state index is 11.2. The maximum atomic E-state index is 11.2. The van der Waals surface area contributed by atoms with E-state index in [1.54, 1.807) is 0 Å². The third-order valence-corrected chi connectivity index (χ3v) is 6.45. The number of hydrogen-bond donors (Lipinski definition) is 4. The first kappa shape index (κ1) is 20.5. The second kappa shape index (κ2) is 7.47. The summed E-state index contributed by atoms with van der Waals surface area (Å²) in [4.78, 5) is 20.2. The van der Waals surface area contributed by atoms with Crippen LogP contribution in [0.25, 0.3) is 0 Å². The minimum Gasteiger partial charge on any atom is -0.507 e. The van der Waals surface area contributed by atoms with Crippen LogP contribution < -0.4 is 4.90 Å². The molecule has 3 aromatic rings. The molecule has 0 spiro atoms. The predicted octanol–water partition coefficient (Wildman–Crippen LogP) is 4.81. The summed E-state index contributed by atoms with van der Waals surface area (Å²) in [6.07, 6.45) is 0.530. The molecule has 0 amide bonds. The van der Waals surface area contributed by atoms with Crippen LogP contribution in [0.3, 0.4) is 0 Å². The van der Waals surface area contributed by atoms with Crippen LogP contribution in [0.4, 0.5) is 17.1 Å². The Morgan fingerprint density at radius 1 is 0.833 bits per heavy atom. The van der Waals surface area contributed by atoms with Crippen LogP contribution in [0.1, 0.15) is 27.8 Å². The van der Waals surface area contributed by atoms with Gasteiger partial charge in [-0.25, -0.2) is 0 Å². The molecule has 3 aromatic carbocycles. The lowest BCUT2D eigenvalue weighted by Gasteiger charge is -2.34. The Bertz CT molecular complexity index is 1110. The minimum absolute atomic E-state index is 0.192. The summed E-state index contributed by atoms with van der Waals surface area (Å²) >= 11 is 0. The van der Waals surface area contributed by atoms with Crippen molar-refractivity contribution in [2.24, 2.45) is 0 Å². The minimum atomic E-state index is -4.04. The maximum Gasteiger partial charge on any atom is 0.325 e. The first-order chi connectivity index (χ1) is 14.2. The quantitative estimate of drug-likeness (QED) is 0.350. The summed E-state index contributed by atoms with van der Waals surface area (Å²) < 4.78 is 11.2. The number of phenolic OH excluding ortho intramolecular Hbond substituents is 2. The van der Waals surface area contributed by atoms with Gasteiger partial charge in [0.2, 0.25) is 0 Å². The van der Waals surface area contributed by atoms with E-state index in [0.717, 1.165) is 44.9 Å². The number of aryl methyl sites for hydroxylation is 3. The Balaban J connectivity index is 1.81. The zero-order chi connectivity index (χ0) is 21.6. The number of phenols is 2. The standard InChI is InChI=1S/C23H24NO5P/c1-14-3-9-20-18(22(14)25)13-19-21(10-4-15(2)23(19)26)24(20)17-7-5-16(6-8-17)11-12-30(27,28)29/h3-10,25-26H,11-13H2,1-2H3,(H2,27,28,29). The van der Waals surface area contributed by atoms with Crippen molar-refractivity contribution in [2.75, 3.05) is 11.1 Å². The molecular weight excluding hydrogens is 401 g/mol. The lowest BCUT2D eigenvalue weighted by molar-refractivity contribution is 0.373. The van der Waals surface area contributed by atoms with Gasteiger partial charge in [0, 0.05) is 23.2 Å². The number of hydrogen-bond acceptors (Lipinski definition) is 4. The van der Waals surface area contributed by atoms with E-state index in [1.807, 2.05) is 67.3 Å². The number of aromatic hydroxyl groups is 2. The lowest BCUT2D eigenvalue weighted by atomic mass is 9.91.